The summed E-state index contributed by atoms with van der Waals surface area (Å²) in [5.41, 5.74) is 0. The van der Waals surface area contributed by atoms with Crippen molar-refractivity contribution >= 4 is 11.7 Å². The van der Waals surface area contributed by atoms with Crippen LogP contribution in [0.5, 0.6) is 0 Å². The number of nitrogens with one attached hydrogen (secondary N) is 1. The van der Waals surface area contributed by atoms with Gasteiger partial charge < -0.3 is 15.1 Å². The molecule has 0 radical (unpaired) electrons. The van der Waals surface area contributed by atoms with Gasteiger partial charge in [0.2, 0.25) is 5.91 Å². The van der Waals surface area contributed by atoms with Crippen LogP contribution in [-0.2, 0) is 9.59 Å². The van der Waals surface area contributed by atoms with Crippen molar-refractivity contribution in [1.29, 1.82) is 0 Å². The fourth-order valence-electron chi connectivity index (χ4n) is 5.09. The third-order valence-corrected chi connectivity index (χ3v) is 7.38. The van der Waals surface area contributed by atoms with E-state index in [2.05, 4.69) is 29.0 Å². The predicted octanol–water partition coefficient (Wildman–Crippen LogP) is 4.65. The monoisotopic (exact) mass is 435 g/mol. The van der Waals surface area contributed by atoms with E-state index in [1.807, 2.05) is 0 Å². The molecule has 1 N–H and O–H groups in total. The van der Waals surface area contributed by atoms with Crippen molar-refractivity contribution < 1.29 is 9.59 Å². The highest BCUT2D eigenvalue weighted by molar-refractivity contribution is 5.78. The van der Waals surface area contributed by atoms with Crippen LogP contribution in [-0.4, -0.2) is 67.3 Å². The van der Waals surface area contributed by atoms with Gasteiger partial charge in [0.1, 0.15) is 5.78 Å². The fraction of sp³-hybridized carbons (Fsp3) is 0.923. The molecule has 2 saturated heterocycles. The molecule has 2 fully saturated rings. The Balaban J connectivity index is 1.47. The molecule has 1 amide bonds. The molecular weight excluding hydrogens is 386 g/mol. The van der Waals surface area contributed by atoms with E-state index < -0.39 is 0 Å². The van der Waals surface area contributed by atoms with Gasteiger partial charge in [0.05, 0.1) is 0 Å². The van der Waals surface area contributed by atoms with Crippen molar-refractivity contribution in [2.45, 2.75) is 97.3 Å². The molecule has 0 saturated carbocycles. The number of rotatable bonds is 15. The summed E-state index contributed by atoms with van der Waals surface area (Å²) in [6, 6.07) is 0. The number of Topliss-reactive ketones (excluding diaryl/α,β-unsaturated/α-hetero) is 1. The lowest BCUT2D eigenvalue weighted by Crippen LogP contribution is -2.37. The molecule has 2 aliphatic rings. The third kappa shape index (κ3) is 11.5. The molecule has 0 aromatic rings. The zero-order chi connectivity index (χ0) is 22.3. The van der Waals surface area contributed by atoms with Crippen molar-refractivity contribution in [2.75, 3.05) is 45.8 Å². The standard InChI is InChI=1S/C26H49N3O2/c1-3-5-9-25(30)14-21-28-17-10-23(11-18-28)7-6-8-24-12-19-29(20-13-24)22-15-26(31)27-16-4-2/h23-24H,3-22H2,1-2H3,(H,27,31). The second-order valence-corrected chi connectivity index (χ2v) is 9.99. The quantitative estimate of drug-likeness (QED) is 0.407. The Morgan fingerprint density at radius 1 is 0.742 bits per heavy atom. The normalized spacial score (nSPS) is 19.5. The molecule has 5 nitrogen and oxygen atoms in total. The maximum atomic E-state index is 11.9. The average molecular weight is 436 g/mol. The van der Waals surface area contributed by atoms with Gasteiger partial charge in [-0.05, 0) is 76.5 Å². The summed E-state index contributed by atoms with van der Waals surface area (Å²) < 4.78 is 0. The van der Waals surface area contributed by atoms with E-state index in [9.17, 15) is 9.59 Å². The highest BCUT2D eigenvalue weighted by Crippen LogP contribution is 2.27. The first-order valence-corrected chi connectivity index (χ1v) is 13.3. The molecule has 0 unspecified atom stereocenters. The van der Waals surface area contributed by atoms with Gasteiger partial charge in [0.25, 0.3) is 0 Å². The lowest BCUT2D eigenvalue weighted by molar-refractivity contribution is -0.121. The number of unbranched alkanes of at least 4 members (excludes halogenated alkanes) is 1. The first kappa shape index (κ1) is 26.3. The molecule has 0 spiro atoms. The van der Waals surface area contributed by atoms with Crippen molar-refractivity contribution in [1.82, 2.24) is 15.1 Å². The Hall–Kier alpha value is -0.940. The Morgan fingerprint density at radius 2 is 1.29 bits per heavy atom. The maximum absolute atomic E-state index is 11.9. The number of hydrogen-bond acceptors (Lipinski definition) is 4. The molecule has 5 heteroatoms. The summed E-state index contributed by atoms with van der Waals surface area (Å²) in [5.74, 6) is 2.45. The van der Waals surface area contributed by atoms with Crippen LogP contribution in [0.1, 0.15) is 97.3 Å². The second kappa shape index (κ2) is 15.8. The molecule has 0 bridgehead atoms. The van der Waals surface area contributed by atoms with Crippen molar-refractivity contribution in [3.8, 4) is 0 Å². The zero-order valence-electron chi connectivity index (χ0n) is 20.5. The molecule has 2 heterocycles. The van der Waals surface area contributed by atoms with Gasteiger partial charge in [-0.15, -0.1) is 0 Å². The van der Waals surface area contributed by atoms with E-state index in [1.165, 1.54) is 71.1 Å². The molecule has 0 aliphatic carbocycles. The van der Waals surface area contributed by atoms with Gasteiger partial charge in [-0.1, -0.05) is 39.5 Å². The maximum Gasteiger partial charge on any atom is 0.221 e. The van der Waals surface area contributed by atoms with Gasteiger partial charge in [-0.2, -0.15) is 0 Å². The summed E-state index contributed by atoms with van der Waals surface area (Å²) in [4.78, 5) is 28.6. The molecule has 0 aromatic carbocycles. The van der Waals surface area contributed by atoms with Gasteiger partial charge in [-0.3, -0.25) is 9.59 Å². The van der Waals surface area contributed by atoms with Crippen LogP contribution in [0.3, 0.4) is 0 Å². The van der Waals surface area contributed by atoms with Crippen LogP contribution in [0, 0.1) is 11.8 Å². The topological polar surface area (TPSA) is 52.7 Å². The van der Waals surface area contributed by atoms with E-state index in [0.717, 1.165) is 63.6 Å². The van der Waals surface area contributed by atoms with Crippen LogP contribution in [0.2, 0.25) is 0 Å². The van der Waals surface area contributed by atoms with E-state index in [1.54, 1.807) is 0 Å². The first-order chi connectivity index (χ1) is 15.1. The smallest absolute Gasteiger partial charge is 0.221 e. The highest BCUT2D eigenvalue weighted by atomic mass is 16.1. The minimum absolute atomic E-state index is 0.207. The van der Waals surface area contributed by atoms with Gasteiger partial charge in [-0.25, -0.2) is 0 Å². The fourth-order valence-corrected chi connectivity index (χ4v) is 5.09. The predicted molar refractivity (Wildman–Crippen MR) is 129 cm³/mol. The number of hydrogen-bond donors (Lipinski definition) is 1. The van der Waals surface area contributed by atoms with Crippen molar-refractivity contribution in [3.63, 3.8) is 0 Å². The number of piperidine rings is 2. The molecule has 180 valence electrons. The van der Waals surface area contributed by atoms with Crippen LogP contribution in [0.25, 0.3) is 0 Å². The van der Waals surface area contributed by atoms with E-state index >= 15 is 0 Å². The Bertz CT molecular complexity index is 451. The summed E-state index contributed by atoms with van der Waals surface area (Å²) >= 11 is 0. The van der Waals surface area contributed by atoms with E-state index in [4.69, 9.17) is 0 Å². The summed E-state index contributed by atoms with van der Waals surface area (Å²) in [7, 11) is 0. The molecule has 0 aromatic heterocycles. The second-order valence-electron chi connectivity index (χ2n) is 9.99. The molecule has 31 heavy (non-hydrogen) atoms. The number of likely N-dealkylation sites (tertiary alicyclic amines) is 2. The highest BCUT2D eigenvalue weighted by Gasteiger charge is 2.22. The zero-order valence-corrected chi connectivity index (χ0v) is 20.5. The SMILES string of the molecule is CCCCC(=O)CCN1CCC(CCCC2CCN(CCC(=O)NCCC)CC2)CC1. The number of carbonyl (C=O) groups is 2. The Kier molecular flexibility index (Phi) is 13.4. The first-order valence-electron chi connectivity index (χ1n) is 13.3. The van der Waals surface area contributed by atoms with E-state index in [-0.39, 0.29) is 5.91 Å². The molecule has 2 rings (SSSR count). The number of nitrogens with zero attached hydrogens (tertiary/aromatic N) is 2. The average Bonchev–Trinajstić information content (AvgIpc) is 2.80. The third-order valence-electron chi connectivity index (χ3n) is 7.38. The minimum Gasteiger partial charge on any atom is -0.356 e. The van der Waals surface area contributed by atoms with Crippen LogP contribution < -0.4 is 5.32 Å². The Labute approximate surface area is 191 Å². The molecule has 2 aliphatic heterocycles. The van der Waals surface area contributed by atoms with Crippen molar-refractivity contribution in [3.05, 3.63) is 0 Å². The molecular formula is C26H49N3O2. The van der Waals surface area contributed by atoms with Gasteiger partial charge in [0.15, 0.2) is 0 Å². The lowest BCUT2D eigenvalue weighted by atomic mass is 9.87. The van der Waals surface area contributed by atoms with E-state index in [0.29, 0.717) is 12.2 Å². The number of carbonyl (C=O) groups excluding carboxylic acids is 2. The minimum atomic E-state index is 0.207. The summed E-state index contributed by atoms with van der Waals surface area (Å²) in [6.45, 7) is 11.7. The van der Waals surface area contributed by atoms with Crippen LogP contribution >= 0.6 is 0 Å². The van der Waals surface area contributed by atoms with Crippen LogP contribution in [0.4, 0.5) is 0 Å². The summed E-state index contributed by atoms with van der Waals surface area (Å²) in [6.07, 6.45) is 14.8. The number of amides is 1. The summed E-state index contributed by atoms with van der Waals surface area (Å²) in [5, 5.41) is 2.98. The lowest BCUT2D eigenvalue weighted by Gasteiger charge is -2.33. The molecule has 0 atom stereocenters. The largest absolute Gasteiger partial charge is 0.356 e. The van der Waals surface area contributed by atoms with Gasteiger partial charge in [0, 0.05) is 38.9 Å². The Morgan fingerprint density at radius 3 is 1.81 bits per heavy atom. The van der Waals surface area contributed by atoms with Crippen molar-refractivity contribution in [2.24, 2.45) is 11.8 Å². The van der Waals surface area contributed by atoms with Crippen LogP contribution in [0.15, 0.2) is 0 Å². The van der Waals surface area contributed by atoms with Gasteiger partial charge >= 0.3 is 0 Å². The number of ketones is 1.